The first-order valence-electron chi connectivity index (χ1n) is 7.22. The summed E-state index contributed by atoms with van der Waals surface area (Å²) in [5, 5.41) is 3.20. The van der Waals surface area contributed by atoms with Crippen molar-refractivity contribution in [1.82, 2.24) is 4.90 Å². The van der Waals surface area contributed by atoms with Crippen molar-refractivity contribution in [1.29, 1.82) is 0 Å². The van der Waals surface area contributed by atoms with Crippen molar-refractivity contribution in [2.24, 2.45) is 5.92 Å². The van der Waals surface area contributed by atoms with Crippen molar-refractivity contribution in [3.05, 3.63) is 23.2 Å². The zero-order valence-electron chi connectivity index (χ0n) is 13.5. The van der Waals surface area contributed by atoms with E-state index in [9.17, 15) is 9.59 Å². The fraction of sp³-hybridized carbons (Fsp3) is 0.500. The summed E-state index contributed by atoms with van der Waals surface area (Å²) in [6.07, 6.45) is 0.246. The molecule has 0 unspecified atom stereocenters. The molecule has 0 atom stereocenters. The highest BCUT2D eigenvalue weighted by atomic mass is 35.5. The van der Waals surface area contributed by atoms with Gasteiger partial charge in [-0.1, -0.05) is 25.4 Å². The van der Waals surface area contributed by atoms with Gasteiger partial charge in [-0.15, -0.1) is 0 Å². The summed E-state index contributed by atoms with van der Waals surface area (Å²) in [4.78, 5) is 25.2. The van der Waals surface area contributed by atoms with E-state index in [2.05, 4.69) is 5.32 Å². The molecule has 0 saturated carbocycles. The van der Waals surface area contributed by atoms with Crippen LogP contribution in [0.4, 0.5) is 5.69 Å². The maximum atomic E-state index is 12.0. The second-order valence-electron chi connectivity index (χ2n) is 5.51. The molecule has 1 N–H and O–H groups in total. The molecule has 1 aromatic rings. The van der Waals surface area contributed by atoms with Crippen molar-refractivity contribution in [2.45, 2.75) is 27.2 Å². The van der Waals surface area contributed by atoms with Gasteiger partial charge in [-0.25, -0.2) is 0 Å². The summed E-state index contributed by atoms with van der Waals surface area (Å²) in [6, 6.07) is 5.05. The third-order valence-corrected chi connectivity index (χ3v) is 3.37. The van der Waals surface area contributed by atoms with Crippen molar-refractivity contribution < 1.29 is 14.3 Å². The fourth-order valence-corrected chi connectivity index (χ4v) is 2.28. The van der Waals surface area contributed by atoms with Crippen LogP contribution in [0, 0.1) is 5.92 Å². The number of nitrogens with one attached hydrogen (secondary N) is 1. The Hall–Kier alpha value is -1.75. The number of carbonyl (C=O) groups excluding carboxylic acids is 2. The Morgan fingerprint density at radius 1 is 1.36 bits per heavy atom. The van der Waals surface area contributed by atoms with Crippen LogP contribution in [-0.4, -0.2) is 36.9 Å². The standard InChI is InChI=1S/C16H23ClN2O3/c1-11(2)10-19(12(3)20)8-7-16(21)18-13-5-6-15(22-4)14(17)9-13/h5-6,9,11H,7-8,10H2,1-4H3,(H,18,21). The number of nitrogens with zero attached hydrogens (tertiary/aromatic N) is 1. The highest BCUT2D eigenvalue weighted by Crippen LogP contribution is 2.27. The van der Waals surface area contributed by atoms with E-state index in [4.69, 9.17) is 16.3 Å². The molecule has 0 aliphatic rings. The van der Waals surface area contributed by atoms with Gasteiger partial charge in [0.25, 0.3) is 0 Å². The molecule has 0 fully saturated rings. The Bertz CT molecular complexity index is 532. The molecule has 0 aliphatic heterocycles. The maximum Gasteiger partial charge on any atom is 0.226 e. The summed E-state index contributed by atoms with van der Waals surface area (Å²) in [6.45, 7) is 6.65. The second-order valence-corrected chi connectivity index (χ2v) is 5.91. The molecule has 0 aromatic heterocycles. The summed E-state index contributed by atoms with van der Waals surface area (Å²) in [5.74, 6) is 0.747. The number of rotatable bonds is 7. The number of hydrogen-bond acceptors (Lipinski definition) is 3. The van der Waals surface area contributed by atoms with Crippen molar-refractivity contribution >= 4 is 29.1 Å². The van der Waals surface area contributed by atoms with Gasteiger partial charge >= 0.3 is 0 Å². The first kappa shape index (κ1) is 18.3. The molecule has 0 spiro atoms. The Balaban J connectivity index is 2.55. The number of benzene rings is 1. The minimum atomic E-state index is -0.156. The smallest absolute Gasteiger partial charge is 0.226 e. The lowest BCUT2D eigenvalue weighted by Gasteiger charge is -2.22. The van der Waals surface area contributed by atoms with E-state index in [1.54, 1.807) is 23.1 Å². The maximum absolute atomic E-state index is 12.0. The number of hydrogen-bond donors (Lipinski definition) is 1. The Labute approximate surface area is 136 Å². The molecule has 22 heavy (non-hydrogen) atoms. The number of amides is 2. The SMILES string of the molecule is COc1ccc(NC(=O)CCN(CC(C)C)C(C)=O)cc1Cl. The number of ether oxygens (including phenoxy) is 1. The van der Waals surface area contributed by atoms with Crippen LogP contribution in [0.15, 0.2) is 18.2 Å². The molecule has 6 heteroatoms. The summed E-state index contributed by atoms with van der Waals surface area (Å²) >= 11 is 6.01. The topological polar surface area (TPSA) is 58.6 Å². The van der Waals surface area contributed by atoms with Crippen LogP contribution in [0.1, 0.15) is 27.2 Å². The molecule has 122 valence electrons. The van der Waals surface area contributed by atoms with E-state index in [-0.39, 0.29) is 18.2 Å². The molecule has 5 nitrogen and oxygen atoms in total. The minimum absolute atomic E-state index is 0.0195. The lowest BCUT2D eigenvalue weighted by atomic mass is 10.2. The molecule has 0 saturated heterocycles. The van der Waals surface area contributed by atoms with Crippen molar-refractivity contribution in [3.63, 3.8) is 0 Å². The zero-order valence-corrected chi connectivity index (χ0v) is 14.2. The molecule has 1 rings (SSSR count). The third kappa shape index (κ3) is 5.93. The van der Waals surface area contributed by atoms with Crippen LogP contribution in [0.3, 0.4) is 0 Å². The van der Waals surface area contributed by atoms with Crippen molar-refractivity contribution in [3.8, 4) is 5.75 Å². The molecular formula is C16H23ClN2O3. The van der Waals surface area contributed by atoms with E-state index in [0.717, 1.165) is 0 Å². The molecule has 0 radical (unpaired) electrons. The first-order chi connectivity index (χ1) is 10.3. The predicted octanol–water partition coefficient (Wildman–Crippen LogP) is 3.18. The molecule has 0 aliphatic carbocycles. The van der Waals surface area contributed by atoms with Crippen molar-refractivity contribution in [2.75, 3.05) is 25.5 Å². The van der Waals surface area contributed by atoms with Gasteiger partial charge in [0.15, 0.2) is 0 Å². The quantitative estimate of drug-likeness (QED) is 0.837. The van der Waals surface area contributed by atoms with Gasteiger partial charge in [0.1, 0.15) is 5.75 Å². The number of carbonyl (C=O) groups is 2. The Morgan fingerprint density at radius 3 is 2.55 bits per heavy atom. The van der Waals surface area contributed by atoms with E-state index < -0.39 is 0 Å². The highest BCUT2D eigenvalue weighted by Gasteiger charge is 2.13. The first-order valence-corrected chi connectivity index (χ1v) is 7.60. The largest absolute Gasteiger partial charge is 0.495 e. The molecule has 2 amide bonds. The zero-order chi connectivity index (χ0) is 16.7. The minimum Gasteiger partial charge on any atom is -0.495 e. The summed E-state index contributed by atoms with van der Waals surface area (Å²) in [5.41, 5.74) is 0.606. The Kier molecular flexibility index (Phi) is 7.18. The lowest BCUT2D eigenvalue weighted by Crippen LogP contribution is -2.34. The van der Waals surface area contributed by atoms with Gasteiger partial charge in [0.2, 0.25) is 11.8 Å². The molecule has 0 heterocycles. The Morgan fingerprint density at radius 2 is 2.05 bits per heavy atom. The number of methoxy groups -OCH3 is 1. The third-order valence-electron chi connectivity index (χ3n) is 3.08. The fourth-order valence-electron chi connectivity index (χ4n) is 2.02. The van der Waals surface area contributed by atoms with Crippen LogP contribution < -0.4 is 10.1 Å². The van der Waals surface area contributed by atoms with Gasteiger partial charge in [-0.05, 0) is 24.1 Å². The normalized spacial score (nSPS) is 10.5. The van der Waals surface area contributed by atoms with Crippen LogP contribution in [0.25, 0.3) is 0 Å². The average Bonchev–Trinajstić information content (AvgIpc) is 2.43. The van der Waals surface area contributed by atoms with E-state index in [1.807, 2.05) is 13.8 Å². The lowest BCUT2D eigenvalue weighted by molar-refractivity contribution is -0.129. The van der Waals surface area contributed by atoms with Gasteiger partial charge < -0.3 is 15.0 Å². The summed E-state index contributed by atoms with van der Waals surface area (Å²) < 4.78 is 5.06. The van der Waals surface area contributed by atoms with Crippen LogP contribution in [-0.2, 0) is 9.59 Å². The van der Waals surface area contributed by atoms with E-state index in [1.165, 1.54) is 14.0 Å². The number of anilines is 1. The summed E-state index contributed by atoms with van der Waals surface area (Å²) in [7, 11) is 1.53. The number of halogens is 1. The van der Waals surface area contributed by atoms with Crippen LogP contribution in [0.5, 0.6) is 5.75 Å². The molecular weight excluding hydrogens is 304 g/mol. The second kappa shape index (κ2) is 8.63. The average molecular weight is 327 g/mol. The van der Waals surface area contributed by atoms with Gasteiger partial charge in [-0.2, -0.15) is 0 Å². The van der Waals surface area contributed by atoms with Crippen LogP contribution in [0.2, 0.25) is 5.02 Å². The predicted molar refractivity (Wildman–Crippen MR) is 88.3 cm³/mol. The van der Waals surface area contributed by atoms with Gasteiger partial charge in [-0.3, -0.25) is 9.59 Å². The van der Waals surface area contributed by atoms with E-state index >= 15 is 0 Å². The molecule has 1 aromatic carbocycles. The van der Waals surface area contributed by atoms with Crippen LogP contribution >= 0.6 is 11.6 Å². The van der Waals surface area contributed by atoms with E-state index in [0.29, 0.717) is 35.5 Å². The van der Waals surface area contributed by atoms with Gasteiger partial charge in [0.05, 0.1) is 12.1 Å². The molecule has 0 bridgehead atoms. The highest BCUT2D eigenvalue weighted by molar-refractivity contribution is 6.32. The van der Waals surface area contributed by atoms with Gasteiger partial charge in [0, 0.05) is 32.1 Å². The monoisotopic (exact) mass is 326 g/mol.